The van der Waals surface area contributed by atoms with E-state index in [4.69, 9.17) is 23.2 Å². The summed E-state index contributed by atoms with van der Waals surface area (Å²) < 4.78 is 0. The Morgan fingerprint density at radius 1 is 1.05 bits per heavy atom. The van der Waals surface area contributed by atoms with Gasteiger partial charge in [-0.2, -0.15) is 0 Å². The van der Waals surface area contributed by atoms with Gasteiger partial charge in [-0.05, 0) is 42.8 Å². The minimum atomic E-state index is -0.237. The number of rotatable bonds is 4. The summed E-state index contributed by atoms with van der Waals surface area (Å²) in [5.74, 6) is 0. The number of halogens is 2. The zero-order valence-corrected chi connectivity index (χ0v) is 12.0. The topological polar surface area (TPSA) is 32.3 Å². The molecule has 1 atom stereocenters. The van der Waals surface area contributed by atoms with Crippen molar-refractivity contribution in [2.24, 2.45) is 0 Å². The van der Waals surface area contributed by atoms with Crippen molar-refractivity contribution in [3.8, 4) is 0 Å². The number of anilines is 1. The standard InChI is InChI=1S/C15H15Cl2NO/c1-10-2-4-14(5-3-10)18-15(9-19)11-6-12(16)8-13(17)7-11/h2-8,15,18-19H,9H2,1H3. The first-order chi connectivity index (χ1) is 9.08. The Kier molecular flexibility index (Phi) is 4.70. The van der Waals surface area contributed by atoms with Gasteiger partial charge in [0.15, 0.2) is 0 Å². The monoisotopic (exact) mass is 295 g/mol. The van der Waals surface area contributed by atoms with E-state index in [0.29, 0.717) is 10.0 Å². The van der Waals surface area contributed by atoms with Crippen LogP contribution in [0.4, 0.5) is 5.69 Å². The molecule has 0 bridgehead atoms. The lowest BCUT2D eigenvalue weighted by molar-refractivity contribution is 0.276. The molecule has 0 amide bonds. The van der Waals surface area contributed by atoms with Crippen LogP contribution in [-0.4, -0.2) is 11.7 Å². The Morgan fingerprint density at radius 2 is 1.63 bits per heavy atom. The Labute approximate surface area is 123 Å². The van der Waals surface area contributed by atoms with Gasteiger partial charge >= 0.3 is 0 Å². The van der Waals surface area contributed by atoms with Gasteiger partial charge < -0.3 is 10.4 Å². The molecule has 0 aliphatic heterocycles. The normalized spacial score (nSPS) is 12.2. The Morgan fingerprint density at radius 3 is 2.16 bits per heavy atom. The fourth-order valence-corrected chi connectivity index (χ4v) is 2.40. The lowest BCUT2D eigenvalue weighted by Gasteiger charge is -2.18. The fourth-order valence-electron chi connectivity index (χ4n) is 1.86. The second-order valence-corrected chi connectivity index (χ2v) is 5.32. The number of aryl methyl sites for hydroxylation is 1. The smallest absolute Gasteiger partial charge is 0.0746 e. The van der Waals surface area contributed by atoms with Gasteiger partial charge in [-0.3, -0.25) is 0 Å². The lowest BCUT2D eigenvalue weighted by Crippen LogP contribution is -2.14. The molecule has 0 aromatic heterocycles. The average molecular weight is 296 g/mol. The number of hydrogen-bond donors (Lipinski definition) is 2. The van der Waals surface area contributed by atoms with Crippen LogP contribution in [0.25, 0.3) is 0 Å². The summed E-state index contributed by atoms with van der Waals surface area (Å²) in [6, 6.07) is 13.0. The van der Waals surface area contributed by atoms with Gasteiger partial charge in [-0.25, -0.2) is 0 Å². The van der Waals surface area contributed by atoms with Crippen molar-refractivity contribution in [1.29, 1.82) is 0 Å². The molecule has 2 nitrogen and oxygen atoms in total. The van der Waals surface area contributed by atoms with Crippen LogP contribution >= 0.6 is 23.2 Å². The highest BCUT2D eigenvalue weighted by molar-refractivity contribution is 6.34. The SMILES string of the molecule is Cc1ccc(NC(CO)c2cc(Cl)cc(Cl)c2)cc1. The van der Waals surface area contributed by atoms with Crippen molar-refractivity contribution < 1.29 is 5.11 Å². The Hall–Kier alpha value is -1.22. The highest BCUT2D eigenvalue weighted by atomic mass is 35.5. The van der Waals surface area contributed by atoms with Gasteiger partial charge in [0.05, 0.1) is 12.6 Å². The van der Waals surface area contributed by atoms with E-state index in [9.17, 15) is 5.11 Å². The molecule has 4 heteroatoms. The predicted molar refractivity (Wildman–Crippen MR) is 81.1 cm³/mol. The van der Waals surface area contributed by atoms with Crippen molar-refractivity contribution in [3.05, 3.63) is 63.6 Å². The van der Waals surface area contributed by atoms with Gasteiger partial charge in [0.2, 0.25) is 0 Å². The van der Waals surface area contributed by atoms with E-state index in [2.05, 4.69) is 5.32 Å². The van der Waals surface area contributed by atoms with Crippen LogP contribution in [0.5, 0.6) is 0 Å². The van der Waals surface area contributed by atoms with Crippen molar-refractivity contribution in [3.63, 3.8) is 0 Å². The van der Waals surface area contributed by atoms with Gasteiger partial charge in [-0.15, -0.1) is 0 Å². The maximum atomic E-state index is 9.53. The van der Waals surface area contributed by atoms with E-state index in [1.54, 1.807) is 18.2 Å². The zero-order valence-electron chi connectivity index (χ0n) is 10.5. The molecule has 2 aromatic rings. The first-order valence-electron chi connectivity index (χ1n) is 5.98. The molecule has 0 aliphatic carbocycles. The molecule has 0 aliphatic rings. The van der Waals surface area contributed by atoms with E-state index in [-0.39, 0.29) is 12.6 Å². The summed E-state index contributed by atoms with van der Waals surface area (Å²) >= 11 is 12.0. The highest BCUT2D eigenvalue weighted by Gasteiger charge is 2.11. The molecule has 100 valence electrons. The van der Waals surface area contributed by atoms with E-state index in [1.165, 1.54) is 5.56 Å². The summed E-state index contributed by atoms with van der Waals surface area (Å²) in [7, 11) is 0. The second-order valence-electron chi connectivity index (χ2n) is 4.45. The van der Waals surface area contributed by atoms with Gasteiger partial charge in [0.1, 0.15) is 0 Å². The molecule has 0 spiro atoms. The highest BCUT2D eigenvalue weighted by Crippen LogP contribution is 2.26. The summed E-state index contributed by atoms with van der Waals surface area (Å²) in [5.41, 5.74) is 3.00. The third-order valence-electron chi connectivity index (χ3n) is 2.86. The molecule has 0 fully saturated rings. The minimum absolute atomic E-state index is 0.0372. The maximum Gasteiger partial charge on any atom is 0.0746 e. The summed E-state index contributed by atoms with van der Waals surface area (Å²) in [4.78, 5) is 0. The first kappa shape index (κ1) is 14.2. The fraction of sp³-hybridized carbons (Fsp3) is 0.200. The third kappa shape index (κ3) is 3.87. The molecule has 0 saturated carbocycles. The summed E-state index contributed by atoms with van der Waals surface area (Å²) in [5, 5.41) is 13.9. The molecule has 19 heavy (non-hydrogen) atoms. The molecule has 0 heterocycles. The van der Waals surface area contributed by atoms with E-state index in [1.807, 2.05) is 31.2 Å². The summed E-state index contributed by atoms with van der Waals surface area (Å²) in [6.07, 6.45) is 0. The minimum Gasteiger partial charge on any atom is -0.394 e. The molecule has 0 radical (unpaired) electrons. The Balaban J connectivity index is 2.22. The van der Waals surface area contributed by atoms with Crippen LogP contribution in [0.15, 0.2) is 42.5 Å². The molecule has 2 N–H and O–H groups in total. The number of hydrogen-bond acceptors (Lipinski definition) is 2. The summed E-state index contributed by atoms with van der Waals surface area (Å²) in [6.45, 7) is 1.99. The second kappa shape index (κ2) is 6.29. The molecule has 2 rings (SSSR count). The van der Waals surface area contributed by atoms with Crippen LogP contribution < -0.4 is 5.32 Å². The van der Waals surface area contributed by atoms with E-state index in [0.717, 1.165) is 11.3 Å². The third-order valence-corrected chi connectivity index (χ3v) is 3.30. The average Bonchev–Trinajstić information content (AvgIpc) is 2.37. The van der Waals surface area contributed by atoms with Crippen molar-refractivity contribution >= 4 is 28.9 Å². The van der Waals surface area contributed by atoms with Gasteiger partial charge in [0, 0.05) is 15.7 Å². The zero-order chi connectivity index (χ0) is 13.8. The van der Waals surface area contributed by atoms with Crippen LogP contribution in [-0.2, 0) is 0 Å². The quantitative estimate of drug-likeness (QED) is 0.873. The number of aliphatic hydroxyl groups is 1. The molecule has 0 saturated heterocycles. The van der Waals surface area contributed by atoms with Crippen molar-refractivity contribution in [2.45, 2.75) is 13.0 Å². The van der Waals surface area contributed by atoms with Gasteiger partial charge in [-0.1, -0.05) is 40.9 Å². The first-order valence-corrected chi connectivity index (χ1v) is 6.74. The maximum absolute atomic E-state index is 9.53. The van der Waals surface area contributed by atoms with Crippen LogP contribution in [0.3, 0.4) is 0 Å². The number of nitrogens with one attached hydrogen (secondary N) is 1. The van der Waals surface area contributed by atoms with E-state index >= 15 is 0 Å². The van der Waals surface area contributed by atoms with Crippen molar-refractivity contribution in [2.75, 3.05) is 11.9 Å². The molecule has 2 aromatic carbocycles. The predicted octanol–water partition coefficient (Wildman–Crippen LogP) is 4.45. The van der Waals surface area contributed by atoms with Crippen molar-refractivity contribution in [1.82, 2.24) is 0 Å². The van der Waals surface area contributed by atoms with Gasteiger partial charge in [0.25, 0.3) is 0 Å². The number of benzene rings is 2. The lowest BCUT2D eigenvalue weighted by atomic mass is 10.1. The van der Waals surface area contributed by atoms with Crippen LogP contribution in [0.2, 0.25) is 10.0 Å². The molecular formula is C15H15Cl2NO. The molecular weight excluding hydrogens is 281 g/mol. The van der Waals surface area contributed by atoms with Crippen LogP contribution in [0, 0.1) is 6.92 Å². The van der Waals surface area contributed by atoms with E-state index < -0.39 is 0 Å². The Bertz CT molecular complexity index is 534. The largest absolute Gasteiger partial charge is 0.394 e. The van der Waals surface area contributed by atoms with Crippen LogP contribution in [0.1, 0.15) is 17.2 Å². The molecule has 1 unspecified atom stereocenters. The number of aliphatic hydroxyl groups excluding tert-OH is 1.